The number of hydrogen-bond acceptors (Lipinski definition) is 4. The zero-order valence-electron chi connectivity index (χ0n) is 8.36. The topological polar surface area (TPSA) is 95.9 Å². The van der Waals surface area contributed by atoms with Crippen LogP contribution in [0.2, 0.25) is 0 Å². The van der Waals surface area contributed by atoms with Gasteiger partial charge in [0, 0.05) is 12.1 Å². The van der Waals surface area contributed by atoms with Gasteiger partial charge in [-0.3, -0.25) is 0 Å². The molecule has 2 aliphatic heterocycles. The predicted octanol–water partition coefficient (Wildman–Crippen LogP) is -0.315. The molecule has 15 heavy (non-hydrogen) atoms. The third-order valence-electron chi connectivity index (χ3n) is 2.62. The van der Waals surface area contributed by atoms with Crippen molar-refractivity contribution < 1.29 is 24.5 Å². The summed E-state index contributed by atoms with van der Waals surface area (Å²) in [6.45, 7) is 3.11. The highest BCUT2D eigenvalue weighted by Crippen LogP contribution is 2.27. The Morgan fingerprint density at radius 3 is 2.20 bits per heavy atom. The van der Waals surface area contributed by atoms with E-state index in [1.165, 1.54) is 25.8 Å². The van der Waals surface area contributed by atoms with Gasteiger partial charge in [0.05, 0.1) is 6.61 Å². The third-order valence-corrected chi connectivity index (χ3v) is 2.62. The first-order valence-electron chi connectivity index (χ1n) is 4.85. The van der Waals surface area contributed by atoms with Crippen molar-refractivity contribution in [1.29, 1.82) is 0 Å². The van der Waals surface area contributed by atoms with E-state index >= 15 is 0 Å². The Morgan fingerprint density at radius 2 is 1.87 bits per heavy atom. The van der Waals surface area contributed by atoms with Gasteiger partial charge >= 0.3 is 11.9 Å². The minimum absolute atomic E-state index is 0.417. The zero-order chi connectivity index (χ0) is 11.3. The number of hydrogen-bond donors (Lipinski definition) is 3. The predicted molar refractivity (Wildman–Crippen MR) is 50.7 cm³/mol. The molecule has 0 saturated carbocycles. The molecule has 0 aliphatic carbocycles. The first kappa shape index (κ1) is 11.9. The Kier molecular flexibility index (Phi) is 4.05. The average Bonchev–Trinajstić information content (AvgIpc) is 2.81. The second kappa shape index (κ2) is 5.09. The van der Waals surface area contributed by atoms with Gasteiger partial charge in [-0.25, -0.2) is 9.59 Å². The van der Waals surface area contributed by atoms with E-state index in [2.05, 4.69) is 5.32 Å². The largest absolute Gasteiger partial charge is 0.473 e. The maximum atomic E-state index is 9.10. The fourth-order valence-electron chi connectivity index (χ4n) is 1.81. The number of rotatable bonds is 0. The van der Waals surface area contributed by atoms with Crippen LogP contribution in [0.15, 0.2) is 0 Å². The molecule has 6 nitrogen and oxygen atoms in total. The first-order valence-corrected chi connectivity index (χ1v) is 4.85. The van der Waals surface area contributed by atoms with Gasteiger partial charge in [-0.1, -0.05) is 0 Å². The highest BCUT2D eigenvalue weighted by atomic mass is 16.5. The molecule has 0 bridgehead atoms. The molecule has 2 fully saturated rings. The van der Waals surface area contributed by atoms with Crippen molar-refractivity contribution in [2.45, 2.75) is 24.8 Å². The van der Waals surface area contributed by atoms with Gasteiger partial charge in [0.1, 0.15) is 0 Å². The lowest BCUT2D eigenvalue weighted by Gasteiger charge is -2.19. The Labute approximate surface area is 87.2 Å². The maximum Gasteiger partial charge on any atom is 0.414 e. The van der Waals surface area contributed by atoms with Gasteiger partial charge < -0.3 is 20.3 Å². The van der Waals surface area contributed by atoms with Crippen LogP contribution in [0.4, 0.5) is 0 Å². The summed E-state index contributed by atoms with van der Waals surface area (Å²) in [6, 6.07) is 0. The molecule has 6 heteroatoms. The van der Waals surface area contributed by atoms with Crippen LogP contribution in [-0.4, -0.2) is 47.4 Å². The van der Waals surface area contributed by atoms with Crippen LogP contribution in [0.25, 0.3) is 0 Å². The van der Waals surface area contributed by atoms with Crippen molar-refractivity contribution in [1.82, 2.24) is 5.32 Å². The first-order chi connectivity index (χ1) is 7.06. The molecule has 1 spiro atoms. The summed E-state index contributed by atoms with van der Waals surface area (Å²) >= 11 is 0. The van der Waals surface area contributed by atoms with E-state index in [0.717, 1.165) is 13.2 Å². The minimum Gasteiger partial charge on any atom is -0.473 e. The van der Waals surface area contributed by atoms with Crippen molar-refractivity contribution in [2.75, 3.05) is 19.8 Å². The molecule has 1 atom stereocenters. The fraction of sp³-hybridized carbons (Fsp3) is 0.778. The van der Waals surface area contributed by atoms with Crippen LogP contribution < -0.4 is 5.32 Å². The second-order valence-electron chi connectivity index (χ2n) is 3.72. The van der Waals surface area contributed by atoms with Gasteiger partial charge in [-0.05, 0) is 25.8 Å². The molecule has 0 aromatic heterocycles. The Balaban J connectivity index is 0.000000167. The van der Waals surface area contributed by atoms with Gasteiger partial charge in [0.15, 0.2) is 0 Å². The van der Waals surface area contributed by atoms with Crippen molar-refractivity contribution >= 4 is 11.9 Å². The number of carbonyl (C=O) groups is 2. The quantitative estimate of drug-likeness (QED) is 0.481. The Bertz CT molecular complexity index is 211. The number of nitrogens with one attached hydrogen (secondary N) is 1. The van der Waals surface area contributed by atoms with Gasteiger partial charge in [-0.15, -0.1) is 0 Å². The Morgan fingerprint density at radius 1 is 1.20 bits per heavy atom. The van der Waals surface area contributed by atoms with Crippen LogP contribution in [0, 0.1) is 0 Å². The highest BCUT2D eigenvalue weighted by Gasteiger charge is 2.36. The number of carboxylic acid groups (broad SMARTS) is 2. The monoisotopic (exact) mass is 217 g/mol. The van der Waals surface area contributed by atoms with Crippen LogP contribution in [0.1, 0.15) is 19.3 Å². The van der Waals surface area contributed by atoms with E-state index in [1.54, 1.807) is 0 Å². The third kappa shape index (κ3) is 3.49. The van der Waals surface area contributed by atoms with E-state index in [1.807, 2.05) is 0 Å². The molecule has 2 heterocycles. The van der Waals surface area contributed by atoms with E-state index in [4.69, 9.17) is 24.5 Å². The molecule has 0 aromatic rings. The zero-order valence-corrected chi connectivity index (χ0v) is 8.36. The van der Waals surface area contributed by atoms with Crippen molar-refractivity contribution in [3.63, 3.8) is 0 Å². The van der Waals surface area contributed by atoms with Crippen molar-refractivity contribution in [3.05, 3.63) is 0 Å². The smallest absolute Gasteiger partial charge is 0.414 e. The summed E-state index contributed by atoms with van der Waals surface area (Å²) in [5.41, 5.74) is 0.417. The molecule has 0 amide bonds. The van der Waals surface area contributed by atoms with Crippen molar-refractivity contribution in [3.8, 4) is 0 Å². The Hall–Kier alpha value is -1.14. The van der Waals surface area contributed by atoms with Gasteiger partial charge in [0.2, 0.25) is 0 Å². The normalized spacial score (nSPS) is 28.5. The van der Waals surface area contributed by atoms with E-state index in [0.29, 0.717) is 5.54 Å². The van der Waals surface area contributed by atoms with Crippen LogP contribution in [0.5, 0.6) is 0 Å². The van der Waals surface area contributed by atoms with Gasteiger partial charge in [-0.2, -0.15) is 0 Å². The van der Waals surface area contributed by atoms with E-state index in [-0.39, 0.29) is 0 Å². The van der Waals surface area contributed by atoms with Crippen LogP contribution >= 0.6 is 0 Å². The molecule has 1 unspecified atom stereocenters. The highest BCUT2D eigenvalue weighted by molar-refractivity contribution is 6.27. The summed E-state index contributed by atoms with van der Waals surface area (Å²) in [5.74, 6) is -3.65. The molecule has 2 aliphatic rings. The minimum atomic E-state index is -1.82. The standard InChI is InChI=1S/C7H13NO.C2H2O4/c1-2-7(8-4-1)3-5-9-6-7;3-1(4)2(5)6/h8H,1-6H2;(H,3,4)(H,5,6). The summed E-state index contributed by atoms with van der Waals surface area (Å²) in [7, 11) is 0. The lowest BCUT2D eigenvalue weighted by atomic mass is 9.97. The second-order valence-corrected chi connectivity index (χ2v) is 3.72. The average molecular weight is 217 g/mol. The van der Waals surface area contributed by atoms with Crippen molar-refractivity contribution in [2.24, 2.45) is 0 Å². The molecular formula is C9H15NO5. The lowest BCUT2D eigenvalue weighted by Crippen LogP contribution is -2.39. The number of carboxylic acids is 2. The maximum absolute atomic E-state index is 9.10. The molecule has 2 saturated heterocycles. The molecular weight excluding hydrogens is 202 g/mol. The van der Waals surface area contributed by atoms with Gasteiger partial charge in [0.25, 0.3) is 0 Å². The summed E-state index contributed by atoms with van der Waals surface area (Å²) in [5, 5.41) is 18.3. The van der Waals surface area contributed by atoms with E-state index in [9.17, 15) is 0 Å². The molecule has 3 N–H and O–H groups in total. The lowest BCUT2D eigenvalue weighted by molar-refractivity contribution is -0.159. The summed E-state index contributed by atoms with van der Waals surface area (Å²) in [6.07, 6.45) is 3.89. The summed E-state index contributed by atoms with van der Waals surface area (Å²) in [4.78, 5) is 18.2. The molecule has 2 rings (SSSR count). The number of ether oxygens (including phenoxy) is 1. The van der Waals surface area contributed by atoms with E-state index < -0.39 is 11.9 Å². The fourth-order valence-corrected chi connectivity index (χ4v) is 1.81. The molecule has 0 radical (unpaired) electrons. The van der Waals surface area contributed by atoms with Crippen LogP contribution in [-0.2, 0) is 14.3 Å². The van der Waals surface area contributed by atoms with Crippen LogP contribution in [0.3, 0.4) is 0 Å². The summed E-state index contributed by atoms with van der Waals surface area (Å²) < 4.78 is 5.32. The SMILES string of the molecule is C1CNC2(C1)CCOC2.O=C(O)C(=O)O. The molecule has 86 valence electrons. The number of aliphatic carboxylic acids is 2. The molecule has 0 aromatic carbocycles.